The number of rotatable bonds is 5. The van der Waals surface area contributed by atoms with Crippen molar-refractivity contribution in [3.8, 4) is 0 Å². The van der Waals surface area contributed by atoms with Crippen LogP contribution in [0.5, 0.6) is 0 Å². The molecule has 0 amide bonds. The van der Waals surface area contributed by atoms with Gasteiger partial charge in [-0.05, 0) is 68.5 Å². The van der Waals surface area contributed by atoms with E-state index in [1.54, 1.807) is 6.07 Å². The predicted molar refractivity (Wildman–Crippen MR) is 101 cm³/mol. The minimum atomic E-state index is -0.483. The highest BCUT2D eigenvalue weighted by Gasteiger charge is 2.05. The van der Waals surface area contributed by atoms with Gasteiger partial charge in [-0.15, -0.1) is 0 Å². The molecule has 122 valence electrons. The Labute approximate surface area is 146 Å². The topological polar surface area (TPSA) is 27.3 Å². The lowest BCUT2D eigenvalue weighted by molar-refractivity contribution is 0.629. The predicted octanol–water partition coefficient (Wildman–Crippen LogP) is 5.13. The van der Waals surface area contributed by atoms with E-state index in [2.05, 4.69) is 29.4 Å². The van der Waals surface area contributed by atoms with Crippen molar-refractivity contribution in [2.24, 2.45) is 0 Å². The van der Waals surface area contributed by atoms with Gasteiger partial charge in [-0.3, -0.25) is 0 Å². The molecule has 2 aromatic carbocycles. The van der Waals surface area contributed by atoms with Crippen LogP contribution in [-0.4, -0.2) is 18.2 Å². The summed E-state index contributed by atoms with van der Waals surface area (Å²) in [6.45, 7) is 6.18. The maximum atomic E-state index is 13.4. The molecule has 0 bridgehead atoms. The first-order valence-corrected chi connectivity index (χ1v) is 8.20. The Morgan fingerprint density at radius 2 is 1.61 bits per heavy atom. The standard InChI is InChI=1S/C17H19ClFN3S/c1-3-22(4-2)14-8-5-12(6-9-14)20-17(23)21-13-7-10-15(18)16(19)11-13/h5-11H,3-4H2,1-2H3,(H2,20,21,23). The van der Waals surface area contributed by atoms with Crippen LogP contribution in [-0.2, 0) is 0 Å². The van der Waals surface area contributed by atoms with Crippen molar-refractivity contribution in [1.29, 1.82) is 0 Å². The van der Waals surface area contributed by atoms with Crippen LogP contribution in [0.3, 0.4) is 0 Å². The molecule has 0 aliphatic rings. The maximum absolute atomic E-state index is 13.4. The number of hydrogen-bond donors (Lipinski definition) is 2. The van der Waals surface area contributed by atoms with E-state index in [0.29, 0.717) is 10.8 Å². The maximum Gasteiger partial charge on any atom is 0.175 e. The van der Waals surface area contributed by atoms with Gasteiger partial charge in [0.1, 0.15) is 5.82 Å². The van der Waals surface area contributed by atoms with Crippen LogP contribution >= 0.6 is 23.8 Å². The summed E-state index contributed by atoms with van der Waals surface area (Å²) in [5.74, 6) is -0.483. The van der Waals surface area contributed by atoms with Crippen LogP contribution in [0.25, 0.3) is 0 Å². The highest BCUT2D eigenvalue weighted by molar-refractivity contribution is 7.80. The van der Waals surface area contributed by atoms with Gasteiger partial charge in [0, 0.05) is 30.2 Å². The first-order chi connectivity index (χ1) is 11.0. The van der Waals surface area contributed by atoms with Crippen molar-refractivity contribution in [2.45, 2.75) is 13.8 Å². The molecule has 0 saturated heterocycles. The van der Waals surface area contributed by atoms with Crippen molar-refractivity contribution in [3.63, 3.8) is 0 Å². The van der Waals surface area contributed by atoms with Gasteiger partial charge in [0.2, 0.25) is 0 Å². The Morgan fingerprint density at radius 3 is 2.17 bits per heavy atom. The molecule has 0 heterocycles. The Balaban J connectivity index is 1.98. The van der Waals surface area contributed by atoms with E-state index in [0.717, 1.165) is 18.8 Å². The summed E-state index contributed by atoms with van der Waals surface area (Å²) < 4.78 is 13.4. The highest BCUT2D eigenvalue weighted by Crippen LogP contribution is 2.20. The third kappa shape index (κ3) is 4.81. The molecule has 23 heavy (non-hydrogen) atoms. The van der Waals surface area contributed by atoms with Gasteiger partial charge in [0.05, 0.1) is 5.02 Å². The lowest BCUT2D eigenvalue weighted by atomic mass is 10.2. The largest absolute Gasteiger partial charge is 0.372 e. The van der Waals surface area contributed by atoms with Crippen LogP contribution in [0.2, 0.25) is 5.02 Å². The molecule has 2 aromatic rings. The number of benzene rings is 2. The lowest BCUT2D eigenvalue weighted by Crippen LogP contribution is -2.22. The Morgan fingerprint density at radius 1 is 1.04 bits per heavy atom. The molecular formula is C17H19ClFN3S. The van der Waals surface area contributed by atoms with Gasteiger partial charge in [-0.2, -0.15) is 0 Å². The number of anilines is 3. The van der Waals surface area contributed by atoms with Crippen LogP contribution < -0.4 is 15.5 Å². The number of thiocarbonyl (C=S) groups is 1. The average Bonchev–Trinajstić information content (AvgIpc) is 2.53. The fraction of sp³-hybridized carbons (Fsp3) is 0.235. The molecular weight excluding hydrogens is 333 g/mol. The quantitative estimate of drug-likeness (QED) is 0.730. The van der Waals surface area contributed by atoms with Crippen molar-refractivity contribution in [3.05, 3.63) is 53.3 Å². The summed E-state index contributed by atoms with van der Waals surface area (Å²) in [5, 5.41) is 6.48. The Hall–Kier alpha value is -1.85. The smallest absolute Gasteiger partial charge is 0.175 e. The zero-order valence-electron chi connectivity index (χ0n) is 13.1. The highest BCUT2D eigenvalue weighted by atomic mass is 35.5. The lowest BCUT2D eigenvalue weighted by Gasteiger charge is -2.21. The Kier molecular flexibility index (Phi) is 6.19. The molecule has 0 saturated carbocycles. The van der Waals surface area contributed by atoms with Gasteiger partial charge >= 0.3 is 0 Å². The van der Waals surface area contributed by atoms with E-state index in [4.69, 9.17) is 23.8 Å². The third-order valence-corrected chi connectivity index (χ3v) is 3.94. The monoisotopic (exact) mass is 351 g/mol. The first kappa shape index (κ1) is 17.5. The summed E-state index contributed by atoms with van der Waals surface area (Å²) in [6, 6.07) is 12.5. The van der Waals surface area contributed by atoms with E-state index < -0.39 is 5.82 Å². The van der Waals surface area contributed by atoms with E-state index in [1.165, 1.54) is 17.8 Å². The summed E-state index contributed by atoms with van der Waals surface area (Å²) in [7, 11) is 0. The van der Waals surface area contributed by atoms with E-state index >= 15 is 0 Å². The molecule has 2 N–H and O–H groups in total. The van der Waals surface area contributed by atoms with E-state index in [9.17, 15) is 4.39 Å². The minimum absolute atomic E-state index is 0.0846. The van der Waals surface area contributed by atoms with Crippen molar-refractivity contribution >= 4 is 46.0 Å². The fourth-order valence-electron chi connectivity index (χ4n) is 2.21. The third-order valence-electron chi connectivity index (χ3n) is 3.43. The first-order valence-electron chi connectivity index (χ1n) is 7.41. The number of halogens is 2. The van der Waals surface area contributed by atoms with Crippen LogP contribution in [0.15, 0.2) is 42.5 Å². The van der Waals surface area contributed by atoms with Gasteiger partial charge in [-0.25, -0.2) is 4.39 Å². The summed E-state index contributed by atoms with van der Waals surface area (Å²) >= 11 is 10.9. The molecule has 3 nitrogen and oxygen atoms in total. The molecule has 6 heteroatoms. The van der Waals surface area contributed by atoms with Crippen LogP contribution in [0.1, 0.15) is 13.8 Å². The Bertz CT molecular complexity index is 672. The van der Waals surface area contributed by atoms with Crippen LogP contribution in [0.4, 0.5) is 21.5 Å². The fourth-order valence-corrected chi connectivity index (χ4v) is 2.56. The second kappa shape index (κ2) is 8.13. The van der Waals surface area contributed by atoms with E-state index in [-0.39, 0.29) is 5.02 Å². The summed E-state index contributed by atoms with van der Waals surface area (Å²) in [5.41, 5.74) is 2.58. The summed E-state index contributed by atoms with van der Waals surface area (Å²) in [4.78, 5) is 2.26. The van der Waals surface area contributed by atoms with Crippen LogP contribution in [0, 0.1) is 5.82 Å². The number of nitrogens with one attached hydrogen (secondary N) is 2. The normalized spacial score (nSPS) is 10.3. The number of hydrogen-bond acceptors (Lipinski definition) is 2. The van der Waals surface area contributed by atoms with Gasteiger partial charge < -0.3 is 15.5 Å². The van der Waals surface area contributed by atoms with Crippen molar-refractivity contribution in [2.75, 3.05) is 28.6 Å². The molecule has 0 aliphatic heterocycles. The second-order valence-electron chi connectivity index (χ2n) is 4.93. The van der Waals surface area contributed by atoms with Crippen molar-refractivity contribution < 1.29 is 4.39 Å². The van der Waals surface area contributed by atoms with E-state index in [1.807, 2.05) is 24.3 Å². The van der Waals surface area contributed by atoms with Crippen molar-refractivity contribution in [1.82, 2.24) is 0 Å². The molecule has 0 unspecified atom stereocenters. The molecule has 0 aromatic heterocycles. The zero-order chi connectivity index (χ0) is 16.8. The summed E-state index contributed by atoms with van der Waals surface area (Å²) in [6.07, 6.45) is 0. The molecule has 0 radical (unpaired) electrons. The molecule has 0 spiro atoms. The van der Waals surface area contributed by atoms with Gasteiger partial charge in [0.25, 0.3) is 0 Å². The van der Waals surface area contributed by atoms with Gasteiger partial charge in [-0.1, -0.05) is 11.6 Å². The minimum Gasteiger partial charge on any atom is -0.372 e. The average molecular weight is 352 g/mol. The molecule has 0 fully saturated rings. The molecule has 0 atom stereocenters. The SMILES string of the molecule is CCN(CC)c1ccc(NC(=S)Nc2ccc(Cl)c(F)c2)cc1. The molecule has 0 aliphatic carbocycles. The van der Waals surface area contributed by atoms with Gasteiger partial charge in [0.15, 0.2) is 5.11 Å². The second-order valence-corrected chi connectivity index (χ2v) is 5.74. The number of nitrogens with zero attached hydrogens (tertiary/aromatic N) is 1. The molecule has 2 rings (SSSR count). The zero-order valence-corrected chi connectivity index (χ0v) is 14.6.